The summed E-state index contributed by atoms with van der Waals surface area (Å²) in [4.78, 5) is 15.8. The van der Waals surface area contributed by atoms with E-state index in [1.165, 1.54) is 0 Å². The summed E-state index contributed by atoms with van der Waals surface area (Å²) < 4.78 is 5.13. The number of pyridine rings is 1. The normalized spacial score (nSPS) is 10.7. The molecule has 1 aromatic rings. The van der Waals surface area contributed by atoms with Gasteiger partial charge < -0.3 is 15.4 Å². The Morgan fingerprint density at radius 1 is 1.38 bits per heavy atom. The molecule has 21 heavy (non-hydrogen) atoms. The van der Waals surface area contributed by atoms with Crippen LogP contribution in [0, 0.1) is 25.2 Å². The first-order valence-corrected chi connectivity index (χ1v) is 6.82. The number of aromatic nitrogens is 1. The molecule has 0 spiro atoms. The van der Waals surface area contributed by atoms with Crippen LogP contribution in [0.3, 0.4) is 0 Å². The van der Waals surface area contributed by atoms with Gasteiger partial charge in [-0.2, -0.15) is 5.26 Å². The van der Waals surface area contributed by atoms with Crippen molar-refractivity contribution < 1.29 is 9.53 Å². The zero-order valence-corrected chi connectivity index (χ0v) is 13.2. The van der Waals surface area contributed by atoms with Crippen LogP contribution in [0.5, 0.6) is 0 Å². The summed E-state index contributed by atoms with van der Waals surface area (Å²) in [6, 6.07) is 4.00. The molecule has 1 amide bonds. The molecule has 6 nitrogen and oxygen atoms in total. The molecule has 1 heterocycles. The predicted molar refractivity (Wildman–Crippen MR) is 81.2 cm³/mol. The Hall–Kier alpha value is -2.29. The first-order valence-electron chi connectivity index (χ1n) is 6.82. The molecule has 0 radical (unpaired) electrons. The lowest BCUT2D eigenvalue weighted by Crippen LogP contribution is -2.35. The number of nitriles is 1. The van der Waals surface area contributed by atoms with Gasteiger partial charge in [0.05, 0.1) is 5.56 Å². The van der Waals surface area contributed by atoms with Gasteiger partial charge in [-0.15, -0.1) is 0 Å². The van der Waals surface area contributed by atoms with Gasteiger partial charge in [-0.1, -0.05) is 0 Å². The highest BCUT2D eigenvalue weighted by molar-refractivity contribution is 5.67. The van der Waals surface area contributed by atoms with Crippen LogP contribution in [0.25, 0.3) is 0 Å². The Morgan fingerprint density at radius 3 is 2.62 bits per heavy atom. The van der Waals surface area contributed by atoms with Crippen molar-refractivity contribution in [3.8, 4) is 6.07 Å². The monoisotopic (exact) mass is 290 g/mol. The summed E-state index contributed by atoms with van der Waals surface area (Å²) >= 11 is 0. The minimum absolute atomic E-state index is 0.383. The zero-order chi connectivity index (χ0) is 16.0. The highest BCUT2D eigenvalue weighted by Gasteiger charge is 2.15. The number of carbonyl (C=O) groups is 1. The van der Waals surface area contributed by atoms with E-state index in [0.717, 1.165) is 11.3 Å². The number of hydrogen-bond donors (Lipinski definition) is 2. The number of rotatable bonds is 4. The fourth-order valence-electron chi connectivity index (χ4n) is 1.77. The van der Waals surface area contributed by atoms with Crippen LogP contribution < -0.4 is 10.6 Å². The third-order valence-electron chi connectivity index (χ3n) is 2.54. The molecule has 114 valence electrons. The molecule has 0 aliphatic carbocycles. The van der Waals surface area contributed by atoms with Gasteiger partial charge in [0, 0.05) is 18.8 Å². The topological polar surface area (TPSA) is 87.0 Å². The van der Waals surface area contributed by atoms with Gasteiger partial charge in [0.1, 0.15) is 17.5 Å². The summed E-state index contributed by atoms with van der Waals surface area (Å²) in [5, 5.41) is 14.8. The quantitative estimate of drug-likeness (QED) is 0.832. The van der Waals surface area contributed by atoms with Crippen LogP contribution in [0.2, 0.25) is 0 Å². The van der Waals surface area contributed by atoms with Crippen LogP contribution in [-0.2, 0) is 4.74 Å². The summed E-state index contributed by atoms with van der Waals surface area (Å²) in [5.74, 6) is 0.543. The molecule has 1 rings (SSSR count). The Kier molecular flexibility index (Phi) is 5.53. The van der Waals surface area contributed by atoms with E-state index in [1.807, 2.05) is 40.7 Å². The van der Waals surface area contributed by atoms with Crippen molar-refractivity contribution in [2.24, 2.45) is 0 Å². The van der Waals surface area contributed by atoms with Gasteiger partial charge in [0.25, 0.3) is 0 Å². The van der Waals surface area contributed by atoms with Gasteiger partial charge in [0.15, 0.2) is 0 Å². The van der Waals surface area contributed by atoms with Crippen molar-refractivity contribution in [3.05, 3.63) is 22.9 Å². The van der Waals surface area contributed by atoms with Crippen LogP contribution in [-0.4, -0.2) is 29.8 Å². The molecule has 1 aromatic heterocycles. The van der Waals surface area contributed by atoms with E-state index in [4.69, 9.17) is 10.00 Å². The number of carbonyl (C=O) groups excluding carboxylic acids is 1. The second kappa shape index (κ2) is 6.93. The van der Waals surface area contributed by atoms with E-state index in [1.54, 1.807) is 0 Å². The molecule has 6 heteroatoms. The van der Waals surface area contributed by atoms with Gasteiger partial charge >= 0.3 is 6.09 Å². The molecule has 0 aromatic carbocycles. The number of hydrogen-bond acceptors (Lipinski definition) is 5. The fraction of sp³-hybridized carbons (Fsp3) is 0.533. The van der Waals surface area contributed by atoms with E-state index in [9.17, 15) is 4.79 Å². The predicted octanol–water partition coefficient (Wildman–Crippen LogP) is 2.51. The minimum Gasteiger partial charge on any atom is -0.444 e. The maximum Gasteiger partial charge on any atom is 0.407 e. The van der Waals surface area contributed by atoms with E-state index in [2.05, 4.69) is 21.7 Å². The summed E-state index contributed by atoms with van der Waals surface area (Å²) in [5.41, 5.74) is 1.74. The molecule has 0 saturated heterocycles. The number of aryl methyl sites for hydroxylation is 2. The SMILES string of the molecule is Cc1cc(C)c(C#N)c(NCCNC(=O)OC(C)(C)C)n1. The average Bonchev–Trinajstić information content (AvgIpc) is 2.32. The number of alkyl carbamates (subject to hydrolysis) is 1. The molecular weight excluding hydrogens is 268 g/mol. The second-order valence-electron chi connectivity index (χ2n) is 5.77. The molecule has 0 bridgehead atoms. The Labute approximate surface area is 125 Å². The van der Waals surface area contributed by atoms with Gasteiger partial charge in [-0.25, -0.2) is 9.78 Å². The lowest BCUT2D eigenvalue weighted by atomic mass is 10.1. The first-order chi connectivity index (χ1) is 9.73. The molecular formula is C15H22N4O2. The lowest BCUT2D eigenvalue weighted by molar-refractivity contribution is 0.0530. The third kappa shape index (κ3) is 5.69. The first kappa shape index (κ1) is 16.8. The van der Waals surface area contributed by atoms with Crippen molar-refractivity contribution in [1.29, 1.82) is 5.26 Å². The number of nitrogens with zero attached hydrogens (tertiary/aromatic N) is 2. The van der Waals surface area contributed by atoms with Gasteiger partial charge in [0.2, 0.25) is 0 Å². The van der Waals surface area contributed by atoms with Gasteiger partial charge in [-0.3, -0.25) is 0 Å². The zero-order valence-electron chi connectivity index (χ0n) is 13.2. The third-order valence-corrected chi connectivity index (χ3v) is 2.54. The Bertz CT molecular complexity index is 556. The second-order valence-corrected chi connectivity index (χ2v) is 5.77. The van der Waals surface area contributed by atoms with Crippen molar-refractivity contribution in [1.82, 2.24) is 10.3 Å². The Balaban J connectivity index is 2.51. The molecule has 0 aliphatic heterocycles. The molecule has 2 N–H and O–H groups in total. The number of amides is 1. The van der Waals surface area contributed by atoms with E-state index in [-0.39, 0.29) is 0 Å². The Morgan fingerprint density at radius 2 is 2.05 bits per heavy atom. The van der Waals surface area contributed by atoms with Crippen molar-refractivity contribution >= 4 is 11.9 Å². The summed E-state index contributed by atoms with van der Waals surface area (Å²) in [6.07, 6.45) is -0.460. The van der Waals surface area contributed by atoms with Crippen molar-refractivity contribution in [2.45, 2.75) is 40.2 Å². The van der Waals surface area contributed by atoms with Crippen molar-refractivity contribution in [3.63, 3.8) is 0 Å². The minimum atomic E-state index is -0.513. The number of nitrogens with one attached hydrogen (secondary N) is 2. The van der Waals surface area contributed by atoms with Crippen LogP contribution in [0.1, 0.15) is 37.6 Å². The number of anilines is 1. The molecule has 0 saturated carbocycles. The van der Waals surface area contributed by atoms with Crippen LogP contribution in [0.15, 0.2) is 6.07 Å². The lowest BCUT2D eigenvalue weighted by Gasteiger charge is -2.19. The van der Waals surface area contributed by atoms with Crippen molar-refractivity contribution in [2.75, 3.05) is 18.4 Å². The van der Waals surface area contributed by atoms with Gasteiger partial charge in [-0.05, 0) is 46.2 Å². The smallest absolute Gasteiger partial charge is 0.407 e. The molecule has 0 aliphatic rings. The maximum absolute atomic E-state index is 11.5. The largest absolute Gasteiger partial charge is 0.444 e. The molecule has 0 atom stereocenters. The maximum atomic E-state index is 11.5. The van der Waals surface area contributed by atoms with E-state index in [0.29, 0.717) is 24.5 Å². The molecule has 0 unspecified atom stereocenters. The fourth-order valence-corrected chi connectivity index (χ4v) is 1.77. The number of ether oxygens (including phenoxy) is 1. The molecule has 0 fully saturated rings. The van der Waals surface area contributed by atoms with Crippen LogP contribution in [0.4, 0.5) is 10.6 Å². The summed E-state index contributed by atoms with van der Waals surface area (Å²) in [7, 11) is 0. The van der Waals surface area contributed by atoms with E-state index >= 15 is 0 Å². The van der Waals surface area contributed by atoms with Crippen LogP contribution >= 0.6 is 0 Å². The standard InChI is InChI=1S/C15H22N4O2/c1-10-8-11(2)19-13(12(10)9-16)17-6-7-18-14(20)21-15(3,4)5/h8H,6-7H2,1-5H3,(H,17,19)(H,18,20). The highest BCUT2D eigenvalue weighted by Crippen LogP contribution is 2.17. The van der Waals surface area contributed by atoms with E-state index < -0.39 is 11.7 Å². The highest BCUT2D eigenvalue weighted by atomic mass is 16.6. The average molecular weight is 290 g/mol. The summed E-state index contributed by atoms with van der Waals surface area (Å²) in [6.45, 7) is 10.0.